The highest BCUT2D eigenvalue weighted by Gasteiger charge is 2.53. The molecule has 1 spiro atoms. The molecule has 9 aromatic carbocycles. The Morgan fingerprint density at radius 3 is 1.31 bits per heavy atom. The van der Waals surface area contributed by atoms with Crippen LogP contribution in [0.25, 0.3) is 78.3 Å². The Kier molecular flexibility index (Phi) is 8.10. The van der Waals surface area contributed by atoms with Gasteiger partial charge >= 0.3 is 0 Å². The lowest BCUT2D eigenvalue weighted by Gasteiger charge is -2.46. The molecule has 0 atom stereocenters. The van der Waals surface area contributed by atoms with E-state index in [0.29, 0.717) is 17.5 Å². The highest BCUT2D eigenvalue weighted by atomic mass is 15.0. The fourth-order valence-electron chi connectivity index (χ4n) is 10.6. The molecule has 1 aromatic heterocycles. The number of nitrogens with zero attached hydrogens (tertiary/aromatic N) is 3. The van der Waals surface area contributed by atoms with Gasteiger partial charge in [-0.2, -0.15) is 0 Å². The summed E-state index contributed by atoms with van der Waals surface area (Å²) in [5.41, 5.74) is 17.7. The zero-order valence-corrected chi connectivity index (χ0v) is 34.5. The van der Waals surface area contributed by atoms with Crippen molar-refractivity contribution in [2.75, 3.05) is 0 Å². The molecular formula is C59H41N3. The summed E-state index contributed by atoms with van der Waals surface area (Å²) in [7, 11) is 0. The van der Waals surface area contributed by atoms with E-state index in [1.807, 2.05) is 60.7 Å². The summed E-state index contributed by atoms with van der Waals surface area (Å²) < 4.78 is 0. The van der Waals surface area contributed by atoms with Crippen molar-refractivity contribution in [2.45, 2.75) is 24.7 Å². The van der Waals surface area contributed by atoms with Crippen molar-refractivity contribution in [2.24, 2.45) is 0 Å². The molecule has 12 rings (SSSR count). The average molecular weight is 792 g/mol. The van der Waals surface area contributed by atoms with Gasteiger partial charge < -0.3 is 0 Å². The smallest absolute Gasteiger partial charge is 0.164 e. The van der Waals surface area contributed by atoms with Crippen LogP contribution in [0.5, 0.6) is 0 Å². The Balaban J connectivity index is 1.05. The number of fused-ring (bicyclic) bond motifs is 10. The summed E-state index contributed by atoms with van der Waals surface area (Å²) in [6.07, 6.45) is 0. The first-order valence-electron chi connectivity index (χ1n) is 21.4. The number of benzene rings is 9. The standard InChI is InChI=1S/C59H41N3/c1-58(2)49-30-11-13-32-51(49)59(52-33-14-12-31-50(52)58)48-29-10-9-26-46(48)47-35-34-42(37-53(47)59)45-28-17-23-38-22-16-27-44(54(38)45)41-24-15-25-43(36-41)57-61-55(39-18-5-3-6-19-39)60-56(62-57)40-20-7-4-8-21-40/h3-37H,1-2H3. The molecule has 292 valence electrons. The van der Waals surface area contributed by atoms with Crippen LogP contribution >= 0.6 is 0 Å². The minimum atomic E-state index is -0.464. The lowest BCUT2D eigenvalue weighted by molar-refractivity contribution is 0.563. The van der Waals surface area contributed by atoms with Crippen LogP contribution in [0.2, 0.25) is 0 Å². The zero-order valence-electron chi connectivity index (χ0n) is 34.5. The van der Waals surface area contributed by atoms with Gasteiger partial charge in [-0.3, -0.25) is 0 Å². The number of aromatic nitrogens is 3. The molecule has 0 saturated carbocycles. The van der Waals surface area contributed by atoms with Crippen molar-refractivity contribution < 1.29 is 0 Å². The van der Waals surface area contributed by atoms with E-state index >= 15 is 0 Å². The van der Waals surface area contributed by atoms with E-state index in [1.54, 1.807) is 0 Å². The minimum absolute atomic E-state index is 0.152. The summed E-state index contributed by atoms with van der Waals surface area (Å²) in [5.74, 6) is 1.94. The molecule has 2 aliphatic carbocycles. The fraction of sp³-hybridized carbons (Fsp3) is 0.0678. The molecule has 0 aliphatic heterocycles. The van der Waals surface area contributed by atoms with E-state index in [1.165, 1.54) is 66.4 Å². The second-order valence-electron chi connectivity index (χ2n) is 17.1. The summed E-state index contributed by atoms with van der Waals surface area (Å²) >= 11 is 0. The third kappa shape index (κ3) is 5.34. The topological polar surface area (TPSA) is 38.7 Å². The minimum Gasteiger partial charge on any atom is -0.208 e. The van der Waals surface area contributed by atoms with E-state index < -0.39 is 5.41 Å². The van der Waals surface area contributed by atoms with Gasteiger partial charge in [0, 0.05) is 22.1 Å². The number of hydrogen-bond donors (Lipinski definition) is 0. The average Bonchev–Trinajstić information content (AvgIpc) is 3.63. The first kappa shape index (κ1) is 36.1. The van der Waals surface area contributed by atoms with Crippen LogP contribution in [0.15, 0.2) is 212 Å². The van der Waals surface area contributed by atoms with E-state index in [-0.39, 0.29) is 5.41 Å². The molecule has 0 radical (unpaired) electrons. The monoisotopic (exact) mass is 791 g/mol. The largest absolute Gasteiger partial charge is 0.208 e. The van der Waals surface area contributed by atoms with Gasteiger partial charge in [0.2, 0.25) is 0 Å². The van der Waals surface area contributed by atoms with Gasteiger partial charge in [0.15, 0.2) is 17.5 Å². The van der Waals surface area contributed by atoms with Crippen molar-refractivity contribution in [3.8, 4) is 67.5 Å². The number of rotatable bonds is 5. The summed E-state index contributed by atoms with van der Waals surface area (Å²) in [5, 5.41) is 2.41. The van der Waals surface area contributed by atoms with Crippen LogP contribution in [-0.4, -0.2) is 15.0 Å². The zero-order chi connectivity index (χ0) is 41.4. The lowest BCUT2D eigenvalue weighted by Crippen LogP contribution is -2.40. The molecule has 0 saturated heterocycles. The molecular weight excluding hydrogens is 751 g/mol. The Morgan fingerprint density at radius 2 is 0.710 bits per heavy atom. The highest BCUT2D eigenvalue weighted by molar-refractivity contribution is 6.07. The van der Waals surface area contributed by atoms with Crippen LogP contribution in [0, 0.1) is 0 Å². The molecule has 1 heterocycles. The van der Waals surface area contributed by atoms with Crippen LogP contribution < -0.4 is 0 Å². The van der Waals surface area contributed by atoms with Crippen LogP contribution in [-0.2, 0) is 10.8 Å². The quantitative estimate of drug-likeness (QED) is 0.174. The van der Waals surface area contributed by atoms with Gasteiger partial charge in [-0.15, -0.1) is 0 Å². The Hall–Kier alpha value is -7.75. The molecule has 3 nitrogen and oxygen atoms in total. The maximum atomic E-state index is 5.07. The van der Waals surface area contributed by atoms with Crippen molar-refractivity contribution in [1.29, 1.82) is 0 Å². The molecule has 0 N–H and O–H groups in total. The van der Waals surface area contributed by atoms with Crippen LogP contribution in [0.3, 0.4) is 0 Å². The van der Waals surface area contributed by atoms with Crippen molar-refractivity contribution in [3.05, 3.63) is 246 Å². The van der Waals surface area contributed by atoms with Crippen LogP contribution in [0.4, 0.5) is 0 Å². The molecule has 2 aliphatic rings. The van der Waals surface area contributed by atoms with Gasteiger partial charge in [0.05, 0.1) is 5.41 Å². The summed E-state index contributed by atoms with van der Waals surface area (Å²) in [6.45, 7) is 4.76. The molecule has 0 amide bonds. The van der Waals surface area contributed by atoms with E-state index in [4.69, 9.17) is 15.0 Å². The molecule has 10 aromatic rings. The predicted octanol–water partition coefficient (Wildman–Crippen LogP) is 14.4. The molecule has 3 heteroatoms. The van der Waals surface area contributed by atoms with Gasteiger partial charge in [-0.25, -0.2) is 15.0 Å². The Bertz CT molecular complexity index is 3270. The maximum Gasteiger partial charge on any atom is 0.164 e. The molecule has 0 bridgehead atoms. The SMILES string of the molecule is CC1(C)c2ccccc2C2(c3ccccc3-c3ccc(-c4cccc5cccc(-c6cccc(-c7nc(-c8ccccc8)nc(-c8ccccc8)n7)c6)c45)cc32)c2ccccc21. The summed E-state index contributed by atoms with van der Waals surface area (Å²) in [4.78, 5) is 15.1. The van der Waals surface area contributed by atoms with E-state index in [2.05, 4.69) is 166 Å². The van der Waals surface area contributed by atoms with Gasteiger partial charge in [-0.05, 0) is 89.7 Å². The maximum absolute atomic E-state index is 5.07. The molecule has 0 fully saturated rings. The second kappa shape index (κ2) is 13.9. The van der Waals surface area contributed by atoms with Gasteiger partial charge in [0.25, 0.3) is 0 Å². The Morgan fingerprint density at radius 1 is 0.290 bits per heavy atom. The van der Waals surface area contributed by atoms with Crippen LogP contribution in [0.1, 0.15) is 47.2 Å². The van der Waals surface area contributed by atoms with Crippen molar-refractivity contribution >= 4 is 10.8 Å². The summed E-state index contributed by atoms with van der Waals surface area (Å²) in [6, 6.07) is 77.0. The van der Waals surface area contributed by atoms with Crippen molar-refractivity contribution in [1.82, 2.24) is 15.0 Å². The number of hydrogen-bond acceptors (Lipinski definition) is 3. The first-order valence-corrected chi connectivity index (χ1v) is 21.4. The van der Waals surface area contributed by atoms with Gasteiger partial charge in [0.1, 0.15) is 0 Å². The predicted molar refractivity (Wildman–Crippen MR) is 254 cm³/mol. The molecule has 62 heavy (non-hydrogen) atoms. The first-order chi connectivity index (χ1) is 30.5. The normalized spacial score (nSPS) is 13.9. The third-order valence-electron chi connectivity index (χ3n) is 13.4. The van der Waals surface area contributed by atoms with Gasteiger partial charge in [-0.1, -0.05) is 214 Å². The van der Waals surface area contributed by atoms with E-state index in [0.717, 1.165) is 27.8 Å². The van der Waals surface area contributed by atoms with E-state index in [9.17, 15) is 0 Å². The fourth-order valence-corrected chi connectivity index (χ4v) is 10.6. The molecule has 0 unspecified atom stereocenters. The lowest BCUT2D eigenvalue weighted by atomic mass is 9.55. The van der Waals surface area contributed by atoms with Crippen molar-refractivity contribution in [3.63, 3.8) is 0 Å². The Labute approximate surface area is 362 Å². The highest BCUT2D eigenvalue weighted by Crippen LogP contribution is 2.62. The third-order valence-corrected chi connectivity index (χ3v) is 13.4. The second-order valence-corrected chi connectivity index (χ2v) is 17.1.